The number of fused-ring (bicyclic) bond motifs is 4. The summed E-state index contributed by atoms with van der Waals surface area (Å²) in [6.45, 7) is 8.16. The molecule has 4 N–H and O–H groups in total. The average Bonchev–Trinajstić information content (AvgIpc) is 2.66. The molecule has 0 aromatic carbocycles. The second-order valence-corrected chi connectivity index (χ2v) is 11.7. The number of hydrogen-bond acceptors (Lipinski definition) is 6. The lowest BCUT2D eigenvalue weighted by atomic mass is 9.70. The first-order valence-corrected chi connectivity index (χ1v) is 11.8. The lowest BCUT2D eigenvalue weighted by molar-refractivity contribution is -0.940. The molecule has 31 heavy (non-hydrogen) atoms. The molecule has 0 aromatic heterocycles. The van der Waals surface area contributed by atoms with Crippen molar-refractivity contribution in [3.63, 3.8) is 0 Å². The van der Waals surface area contributed by atoms with Crippen LogP contribution in [0.15, 0.2) is 11.3 Å². The maximum Gasteiger partial charge on any atom is 0.355 e. The summed E-state index contributed by atoms with van der Waals surface area (Å²) in [6, 6.07) is -0.849. The standard InChI is InChI=1S/C20H30N4O5S.BrH/c1-19(2,3)29-17(26)14-12(11-30(28)16-13(21)15(25)23(14)16)10-24-7-4-20(5-8-24,6-9-24)18(22)27;/h13,16H,4-11,21H2,1-3H3,(H-,22,27);1H/t13-,16-,20?,24?,30?;/m1./s1. The van der Waals surface area contributed by atoms with E-state index < -0.39 is 45.1 Å². The van der Waals surface area contributed by atoms with E-state index in [2.05, 4.69) is 0 Å². The largest absolute Gasteiger partial charge is 1.00 e. The van der Waals surface area contributed by atoms with Crippen molar-refractivity contribution >= 4 is 28.6 Å². The maximum absolute atomic E-state index is 13.1. The Morgan fingerprint density at radius 1 is 1.23 bits per heavy atom. The number of rotatable bonds is 4. The topological polar surface area (TPSA) is 133 Å². The van der Waals surface area contributed by atoms with Gasteiger partial charge in [0.15, 0.2) is 0 Å². The van der Waals surface area contributed by atoms with Crippen LogP contribution in [0.4, 0.5) is 0 Å². The fraction of sp³-hybridized carbons (Fsp3) is 0.750. The zero-order valence-electron chi connectivity index (χ0n) is 18.2. The number of amides is 2. The number of carbonyl (C=O) groups excluding carboxylic acids is 3. The number of halogens is 1. The van der Waals surface area contributed by atoms with Gasteiger partial charge in [-0.25, -0.2) is 4.79 Å². The highest BCUT2D eigenvalue weighted by atomic mass is 79.9. The van der Waals surface area contributed by atoms with Crippen LogP contribution in [0.1, 0.15) is 40.0 Å². The van der Waals surface area contributed by atoms with E-state index in [1.165, 1.54) is 4.90 Å². The van der Waals surface area contributed by atoms with Crippen molar-refractivity contribution in [2.24, 2.45) is 16.9 Å². The van der Waals surface area contributed by atoms with Crippen LogP contribution in [0.3, 0.4) is 0 Å². The van der Waals surface area contributed by atoms with Crippen LogP contribution in [0.25, 0.3) is 0 Å². The van der Waals surface area contributed by atoms with E-state index in [1.54, 1.807) is 20.8 Å². The fourth-order valence-corrected chi connectivity index (χ4v) is 6.90. The molecule has 0 spiro atoms. The Bertz CT molecular complexity index is 859. The van der Waals surface area contributed by atoms with Crippen molar-refractivity contribution in [2.75, 3.05) is 31.9 Å². The van der Waals surface area contributed by atoms with Crippen molar-refractivity contribution < 1.29 is 44.8 Å². The van der Waals surface area contributed by atoms with Gasteiger partial charge in [-0.15, -0.1) is 0 Å². The van der Waals surface area contributed by atoms with Gasteiger partial charge in [0.05, 0.1) is 41.6 Å². The van der Waals surface area contributed by atoms with Gasteiger partial charge in [-0.1, -0.05) is 0 Å². The second-order valence-electron chi connectivity index (χ2n) is 10.2. The number of carbonyl (C=O) groups is 3. The van der Waals surface area contributed by atoms with Gasteiger partial charge in [0.2, 0.25) is 11.8 Å². The van der Waals surface area contributed by atoms with Crippen molar-refractivity contribution in [1.82, 2.24) is 4.90 Å². The molecular formula is C20H31BrN4O5S. The third kappa shape index (κ3) is 3.98. The Balaban J connectivity index is 0.00000272. The minimum atomic E-state index is -1.37. The predicted molar refractivity (Wildman–Crippen MR) is 110 cm³/mol. The first kappa shape index (κ1) is 24.3. The lowest BCUT2D eigenvalue weighted by Crippen LogP contribution is -3.00. The SMILES string of the molecule is CC(C)(C)OC(=O)C1=C(C[N+]23CCC(C(N)=O)(CC2)CC3)CS(=O)[C@@H]2[C@H](N)C(=O)N12.[Br-]. The molecule has 11 heteroatoms. The number of nitrogens with two attached hydrogens (primary N) is 2. The minimum absolute atomic E-state index is 0. The number of piperidine rings is 3. The quantitative estimate of drug-likeness (QED) is 0.224. The molecular weight excluding hydrogens is 488 g/mol. The molecule has 9 nitrogen and oxygen atoms in total. The number of esters is 1. The van der Waals surface area contributed by atoms with Gasteiger partial charge < -0.3 is 37.7 Å². The zero-order valence-corrected chi connectivity index (χ0v) is 20.6. The van der Waals surface area contributed by atoms with E-state index in [4.69, 9.17) is 16.2 Å². The third-order valence-electron chi connectivity index (χ3n) is 7.08. The Hall–Kier alpha value is -1.30. The van der Waals surface area contributed by atoms with Crippen LogP contribution in [0, 0.1) is 5.41 Å². The van der Waals surface area contributed by atoms with Crippen LogP contribution < -0.4 is 28.4 Å². The Morgan fingerprint density at radius 3 is 2.26 bits per heavy atom. The third-order valence-corrected chi connectivity index (χ3v) is 8.76. The maximum atomic E-state index is 13.1. The molecule has 2 bridgehead atoms. The molecule has 5 heterocycles. The van der Waals surface area contributed by atoms with Crippen LogP contribution in [-0.4, -0.2) is 80.3 Å². The van der Waals surface area contributed by atoms with Crippen molar-refractivity contribution in [3.8, 4) is 0 Å². The molecule has 5 aliphatic heterocycles. The number of hydrogen-bond donors (Lipinski definition) is 2. The molecule has 0 saturated carbocycles. The first-order valence-electron chi connectivity index (χ1n) is 10.4. The van der Waals surface area contributed by atoms with Gasteiger partial charge in [0.25, 0.3) is 0 Å². The Labute approximate surface area is 195 Å². The van der Waals surface area contributed by atoms with Crippen molar-refractivity contribution in [1.29, 1.82) is 0 Å². The molecule has 1 unspecified atom stereocenters. The summed E-state index contributed by atoms with van der Waals surface area (Å²) in [7, 11) is -1.37. The van der Waals surface area contributed by atoms with E-state index in [-0.39, 0.29) is 34.3 Å². The summed E-state index contributed by atoms with van der Waals surface area (Å²) in [4.78, 5) is 38.8. The zero-order chi connectivity index (χ0) is 22.1. The normalized spacial score (nSPS) is 37.0. The molecule has 3 atom stereocenters. The highest BCUT2D eigenvalue weighted by Gasteiger charge is 2.57. The molecule has 4 saturated heterocycles. The summed E-state index contributed by atoms with van der Waals surface area (Å²) >= 11 is 0. The first-order chi connectivity index (χ1) is 13.9. The number of primary amides is 1. The number of nitrogens with zero attached hydrogens (tertiary/aromatic N) is 2. The summed E-state index contributed by atoms with van der Waals surface area (Å²) in [5.74, 6) is -0.984. The van der Waals surface area contributed by atoms with Crippen LogP contribution in [0.5, 0.6) is 0 Å². The van der Waals surface area contributed by atoms with Crippen molar-refractivity contribution in [3.05, 3.63) is 11.3 Å². The molecule has 0 radical (unpaired) electrons. The molecule has 4 fully saturated rings. The highest BCUT2D eigenvalue weighted by Crippen LogP contribution is 2.45. The second kappa shape index (κ2) is 7.93. The highest BCUT2D eigenvalue weighted by molar-refractivity contribution is 7.86. The fourth-order valence-electron chi connectivity index (χ4n) is 5.27. The number of β-lactam (4-membered cyclic amide) rings is 1. The van der Waals surface area contributed by atoms with Crippen molar-refractivity contribution in [2.45, 2.75) is 57.1 Å². The van der Waals surface area contributed by atoms with Gasteiger partial charge in [0.1, 0.15) is 29.3 Å². The van der Waals surface area contributed by atoms with E-state index in [9.17, 15) is 18.6 Å². The van der Waals surface area contributed by atoms with Crippen LogP contribution >= 0.6 is 0 Å². The molecule has 0 aromatic rings. The van der Waals surface area contributed by atoms with Gasteiger partial charge in [-0.05, 0) is 20.8 Å². The van der Waals surface area contributed by atoms with Gasteiger partial charge in [-0.2, -0.15) is 0 Å². The van der Waals surface area contributed by atoms with Gasteiger partial charge in [0, 0.05) is 24.8 Å². The smallest absolute Gasteiger partial charge is 0.355 e. The lowest BCUT2D eigenvalue weighted by Gasteiger charge is -2.55. The van der Waals surface area contributed by atoms with Crippen LogP contribution in [0.2, 0.25) is 0 Å². The minimum Gasteiger partial charge on any atom is -1.00 e. The number of ether oxygens (including phenoxy) is 1. The van der Waals surface area contributed by atoms with E-state index >= 15 is 0 Å². The predicted octanol–water partition coefficient (Wildman–Crippen LogP) is -3.67. The Morgan fingerprint density at radius 2 is 1.77 bits per heavy atom. The molecule has 5 aliphatic rings. The van der Waals surface area contributed by atoms with E-state index in [1.807, 2.05) is 0 Å². The number of quaternary nitrogens is 1. The molecule has 174 valence electrons. The molecule has 5 rings (SSSR count). The Kier molecular flexibility index (Phi) is 6.23. The van der Waals surface area contributed by atoms with E-state index in [0.717, 1.165) is 38.9 Å². The van der Waals surface area contributed by atoms with E-state index in [0.29, 0.717) is 16.6 Å². The average molecular weight is 519 g/mol. The molecule has 0 aliphatic carbocycles. The van der Waals surface area contributed by atoms with Gasteiger partial charge in [-0.3, -0.25) is 18.7 Å². The monoisotopic (exact) mass is 518 g/mol. The molecule has 2 amide bonds. The summed E-state index contributed by atoms with van der Waals surface area (Å²) < 4.78 is 19.2. The summed E-state index contributed by atoms with van der Waals surface area (Å²) in [5, 5.41) is -0.672. The summed E-state index contributed by atoms with van der Waals surface area (Å²) in [5.41, 5.74) is 11.3. The summed E-state index contributed by atoms with van der Waals surface area (Å²) in [6.07, 6.45) is 2.16. The van der Waals surface area contributed by atoms with Crippen LogP contribution in [-0.2, 0) is 29.9 Å². The van der Waals surface area contributed by atoms with Gasteiger partial charge >= 0.3 is 5.97 Å².